The molecule has 1 aliphatic heterocycles. The molecule has 122 valence electrons. The Morgan fingerprint density at radius 3 is 2.86 bits per heavy atom. The summed E-state index contributed by atoms with van der Waals surface area (Å²) in [5.74, 6) is 0.0695. The molecule has 1 unspecified atom stereocenters. The van der Waals surface area contributed by atoms with E-state index in [2.05, 4.69) is 10.0 Å². The molecule has 0 radical (unpaired) electrons. The Balaban J connectivity index is 2.80. The lowest BCUT2D eigenvalue weighted by Gasteiger charge is -2.25. The molecule has 1 rings (SSSR count). The first-order valence-electron chi connectivity index (χ1n) is 6.94. The van der Waals surface area contributed by atoms with Crippen LogP contribution in [0.5, 0.6) is 0 Å². The first-order chi connectivity index (χ1) is 9.89. The molecule has 0 aromatic heterocycles. The predicted molar refractivity (Wildman–Crippen MR) is 83.6 cm³/mol. The summed E-state index contributed by atoms with van der Waals surface area (Å²) in [5, 5.41) is 2.70. The number of hydrogen-bond donors (Lipinski definition) is 2. The quantitative estimate of drug-likeness (QED) is 0.646. The van der Waals surface area contributed by atoms with Gasteiger partial charge in [-0.05, 0) is 31.8 Å². The van der Waals surface area contributed by atoms with Gasteiger partial charge in [0.2, 0.25) is 21.8 Å². The highest BCUT2D eigenvalue weighted by molar-refractivity contribution is 7.98. The summed E-state index contributed by atoms with van der Waals surface area (Å²) in [7, 11) is -3.46. The van der Waals surface area contributed by atoms with Gasteiger partial charge in [-0.25, -0.2) is 13.1 Å². The fourth-order valence-electron chi connectivity index (χ4n) is 1.98. The van der Waals surface area contributed by atoms with Crippen molar-refractivity contribution in [2.45, 2.75) is 25.8 Å². The molecule has 1 saturated heterocycles. The van der Waals surface area contributed by atoms with Gasteiger partial charge in [0.25, 0.3) is 0 Å². The van der Waals surface area contributed by atoms with Gasteiger partial charge in [0.1, 0.15) is 6.04 Å². The van der Waals surface area contributed by atoms with Gasteiger partial charge in [0.15, 0.2) is 0 Å². The van der Waals surface area contributed by atoms with E-state index in [9.17, 15) is 18.0 Å². The average molecular weight is 337 g/mol. The Labute approximate surface area is 130 Å². The molecule has 0 spiro atoms. The van der Waals surface area contributed by atoms with Crippen LogP contribution >= 0.6 is 11.8 Å². The monoisotopic (exact) mass is 337 g/mol. The van der Waals surface area contributed by atoms with Crippen molar-refractivity contribution >= 4 is 33.6 Å². The fraction of sp³-hybridized carbons (Fsp3) is 0.833. The van der Waals surface area contributed by atoms with E-state index < -0.39 is 16.1 Å². The van der Waals surface area contributed by atoms with E-state index in [4.69, 9.17) is 0 Å². The van der Waals surface area contributed by atoms with Gasteiger partial charge in [-0.3, -0.25) is 9.59 Å². The number of sulfonamides is 1. The summed E-state index contributed by atoms with van der Waals surface area (Å²) < 4.78 is 25.9. The number of nitrogens with one attached hydrogen (secondary N) is 2. The van der Waals surface area contributed by atoms with Crippen molar-refractivity contribution in [3.63, 3.8) is 0 Å². The third-order valence-electron chi connectivity index (χ3n) is 3.18. The number of carbonyl (C=O) groups excluding carboxylic acids is 2. The summed E-state index contributed by atoms with van der Waals surface area (Å²) in [6, 6.07) is -0.798. The average Bonchev–Trinajstić information content (AvgIpc) is 2.67. The number of carbonyl (C=O) groups is 2. The Hall–Kier alpha value is -0.800. The molecule has 0 saturated carbocycles. The highest BCUT2D eigenvalue weighted by atomic mass is 32.2. The van der Waals surface area contributed by atoms with Crippen molar-refractivity contribution in [3.05, 3.63) is 0 Å². The third kappa shape index (κ3) is 6.23. The molecule has 0 aromatic carbocycles. The molecule has 2 N–H and O–H groups in total. The van der Waals surface area contributed by atoms with Gasteiger partial charge >= 0.3 is 0 Å². The van der Waals surface area contributed by atoms with Crippen molar-refractivity contribution < 1.29 is 18.0 Å². The van der Waals surface area contributed by atoms with Crippen LogP contribution in [0.15, 0.2) is 0 Å². The Bertz CT molecular complexity index is 467. The van der Waals surface area contributed by atoms with E-state index in [1.54, 1.807) is 11.8 Å². The molecule has 0 aliphatic carbocycles. The Morgan fingerprint density at radius 2 is 2.24 bits per heavy atom. The fourth-order valence-corrected chi connectivity index (χ4v) is 3.27. The van der Waals surface area contributed by atoms with Crippen molar-refractivity contribution in [1.29, 1.82) is 0 Å². The molecule has 1 aliphatic rings. The second kappa shape index (κ2) is 8.60. The normalized spacial score (nSPS) is 18.0. The molecule has 0 aromatic rings. The Morgan fingerprint density at radius 1 is 1.52 bits per heavy atom. The minimum atomic E-state index is -3.46. The summed E-state index contributed by atoms with van der Waals surface area (Å²) in [4.78, 5) is 25.5. The topological polar surface area (TPSA) is 95.6 Å². The van der Waals surface area contributed by atoms with Crippen LogP contribution in [0.4, 0.5) is 0 Å². The maximum Gasteiger partial charge on any atom is 0.241 e. The summed E-state index contributed by atoms with van der Waals surface area (Å²) in [6.07, 6.45) is 2.99. The van der Waals surface area contributed by atoms with Gasteiger partial charge in [-0.2, -0.15) is 11.8 Å². The first kappa shape index (κ1) is 18.2. The molecule has 9 heteroatoms. The van der Waals surface area contributed by atoms with E-state index in [1.807, 2.05) is 6.26 Å². The summed E-state index contributed by atoms with van der Waals surface area (Å²) in [6.45, 7) is 2.51. The van der Waals surface area contributed by atoms with Crippen LogP contribution in [0.2, 0.25) is 0 Å². The van der Waals surface area contributed by atoms with Gasteiger partial charge in [-0.15, -0.1) is 0 Å². The predicted octanol–water partition coefficient (Wildman–Crippen LogP) is -0.604. The van der Waals surface area contributed by atoms with Crippen molar-refractivity contribution in [3.8, 4) is 0 Å². The largest absolute Gasteiger partial charge is 0.354 e. The number of amides is 2. The molecule has 1 atom stereocenters. The lowest BCUT2D eigenvalue weighted by molar-refractivity contribution is -0.136. The van der Waals surface area contributed by atoms with Crippen LogP contribution in [0.1, 0.15) is 19.8 Å². The van der Waals surface area contributed by atoms with Crippen LogP contribution < -0.4 is 10.0 Å². The van der Waals surface area contributed by atoms with E-state index in [0.29, 0.717) is 31.7 Å². The number of rotatable bonds is 7. The number of hydrogen-bond acceptors (Lipinski definition) is 5. The smallest absolute Gasteiger partial charge is 0.241 e. The van der Waals surface area contributed by atoms with Crippen LogP contribution in [0.25, 0.3) is 0 Å². The van der Waals surface area contributed by atoms with Crippen molar-refractivity contribution in [2.24, 2.45) is 0 Å². The van der Waals surface area contributed by atoms with Gasteiger partial charge in [0.05, 0.1) is 12.3 Å². The van der Waals surface area contributed by atoms with Crippen LogP contribution in [-0.2, 0) is 19.6 Å². The first-order valence-corrected chi connectivity index (χ1v) is 9.98. The van der Waals surface area contributed by atoms with E-state index in [-0.39, 0.29) is 24.1 Å². The maximum atomic E-state index is 12.5. The van der Waals surface area contributed by atoms with Crippen LogP contribution in [-0.4, -0.2) is 68.6 Å². The molecule has 21 heavy (non-hydrogen) atoms. The van der Waals surface area contributed by atoms with Crippen LogP contribution in [0.3, 0.4) is 0 Å². The van der Waals surface area contributed by atoms with Gasteiger partial charge in [-0.1, -0.05) is 0 Å². The third-order valence-corrected chi connectivity index (χ3v) is 5.23. The molecular formula is C12H23N3O4S2. The molecule has 0 bridgehead atoms. The highest BCUT2D eigenvalue weighted by Crippen LogP contribution is 2.08. The van der Waals surface area contributed by atoms with E-state index in [1.165, 1.54) is 11.8 Å². The molecule has 1 fully saturated rings. The second-order valence-electron chi connectivity index (χ2n) is 4.82. The zero-order valence-electron chi connectivity index (χ0n) is 12.4. The number of nitrogens with zero attached hydrogens (tertiary/aromatic N) is 1. The second-order valence-corrected chi connectivity index (χ2v) is 7.85. The van der Waals surface area contributed by atoms with Crippen molar-refractivity contribution in [2.75, 3.05) is 37.4 Å². The Kier molecular flexibility index (Phi) is 7.47. The lowest BCUT2D eigenvalue weighted by atomic mass is 10.2. The van der Waals surface area contributed by atoms with E-state index in [0.717, 1.165) is 0 Å². The van der Waals surface area contributed by atoms with Gasteiger partial charge < -0.3 is 10.2 Å². The lowest BCUT2D eigenvalue weighted by Crippen LogP contribution is -2.50. The van der Waals surface area contributed by atoms with Crippen molar-refractivity contribution in [1.82, 2.24) is 14.9 Å². The van der Waals surface area contributed by atoms with Gasteiger partial charge in [0, 0.05) is 13.1 Å². The summed E-state index contributed by atoms with van der Waals surface area (Å²) in [5.41, 5.74) is 0. The minimum Gasteiger partial charge on any atom is -0.354 e. The SMILES string of the molecule is CCS(=O)(=O)NC(CCSC)C(=O)N1CCCNC(=O)C1. The molecule has 1 heterocycles. The van der Waals surface area contributed by atoms with E-state index >= 15 is 0 Å². The molecule has 2 amide bonds. The van der Waals surface area contributed by atoms with Crippen LogP contribution in [0, 0.1) is 0 Å². The molecular weight excluding hydrogens is 314 g/mol. The number of thioether (sulfide) groups is 1. The summed E-state index contributed by atoms with van der Waals surface area (Å²) >= 11 is 1.55. The standard InChI is InChI=1S/C12H23N3O4S2/c1-3-21(18,19)14-10(5-8-20-2)12(17)15-7-4-6-13-11(16)9-15/h10,14H,3-9H2,1-2H3,(H,13,16). The minimum absolute atomic E-state index is 0.0115. The highest BCUT2D eigenvalue weighted by Gasteiger charge is 2.29. The zero-order chi connectivity index (χ0) is 15.9. The zero-order valence-corrected chi connectivity index (χ0v) is 14.1. The maximum absolute atomic E-state index is 12.5. The molecule has 7 nitrogen and oxygen atoms in total.